The number of hydrogen-bond acceptors (Lipinski definition) is 6. The molecule has 1 saturated carbocycles. The third kappa shape index (κ3) is 3.11. The lowest BCUT2D eigenvalue weighted by Gasteiger charge is -2.12. The number of anilines is 1. The van der Waals surface area contributed by atoms with E-state index in [2.05, 4.69) is 37.5 Å². The number of aliphatic hydroxyl groups excluding tert-OH is 1. The zero-order valence-electron chi connectivity index (χ0n) is 15.5. The number of aliphatic hydroxyl groups is 1. The minimum absolute atomic E-state index is 0.211. The van der Waals surface area contributed by atoms with E-state index in [0.717, 1.165) is 47.2 Å². The quantitative estimate of drug-likeness (QED) is 0.569. The van der Waals surface area contributed by atoms with Crippen LogP contribution < -0.4 is 5.32 Å². The molecule has 142 valence electrons. The van der Waals surface area contributed by atoms with Gasteiger partial charge in [-0.25, -0.2) is 9.97 Å². The van der Waals surface area contributed by atoms with E-state index in [1.54, 1.807) is 17.2 Å². The predicted octanol–water partition coefficient (Wildman–Crippen LogP) is 2.54. The Hall–Kier alpha value is -3.26. The zero-order chi connectivity index (χ0) is 19.1. The van der Waals surface area contributed by atoms with Crippen LogP contribution in [-0.4, -0.2) is 46.6 Å². The molecule has 5 rings (SSSR count). The molecule has 0 unspecified atom stereocenters. The summed E-state index contributed by atoms with van der Waals surface area (Å²) in [6.45, 7) is 0. The Morgan fingerprint density at radius 1 is 1.07 bits per heavy atom. The van der Waals surface area contributed by atoms with Gasteiger partial charge in [0.25, 0.3) is 0 Å². The van der Waals surface area contributed by atoms with E-state index in [4.69, 9.17) is 0 Å². The van der Waals surface area contributed by atoms with Crippen LogP contribution >= 0.6 is 0 Å². The van der Waals surface area contributed by atoms with Gasteiger partial charge in [-0.3, -0.25) is 9.25 Å². The minimum Gasteiger partial charge on any atom is -0.393 e. The number of hydrogen-bond donors (Lipinski definition) is 2. The summed E-state index contributed by atoms with van der Waals surface area (Å²) >= 11 is 0. The number of aryl methyl sites for hydroxylation is 1. The van der Waals surface area contributed by atoms with Crippen LogP contribution in [0.2, 0.25) is 0 Å². The maximum absolute atomic E-state index is 9.71. The topological polar surface area (TPSA) is 93.7 Å². The van der Waals surface area contributed by atoms with Gasteiger partial charge in [-0.2, -0.15) is 10.1 Å². The second-order valence-corrected chi connectivity index (χ2v) is 7.27. The summed E-state index contributed by atoms with van der Waals surface area (Å²) < 4.78 is 3.75. The molecule has 1 aliphatic carbocycles. The second-order valence-electron chi connectivity index (χ2n) is 7.27. The molecule has 2 N–H and O–H groups in total. The highest BCUT2D eigenvalue weighted by Crippen LogP contribution is 2.24. The molecule has 8 nitrogen and oxygen atoms in total. The van der Waals surface area contributed by atoms with Gasteiger partial charge in [-0.15, -0.1) is 0 Å². The molecule has 8 heteroatoms. The molecule has 0 spiro atoms. The van der Waals surface area contributed by atoms with E-state index in [-0.39, 0.29) is 12.1 Å². The van der Waals surface area contributed by atoms with Crippen LogP contribution in [0.4, 0.5) is 5.95 Å². The van der Waals surface area contributed by atoms with E-state index >= 15 is 0 Å². The molecule has 3 heterocycles. The molecule has 1 aromatic carbocycles. The van der Waals surface area contributed by atoms with Gasteiger partial charge in [0.05, 0.1) is 18.5 Å². The van der Waals surface area contributed by atoms with Crippen molar-refractivity contribution in [3.63, 3.8) is 0 Å². The summed E-state index contributed by atoms with van der Waals surface area (Å²) in [5, 5.41) is 17.3. The van der Waals surface area contributed by atoms with Crippen molar-refractivity contribution >= 4 is 17.1 Å². The van der Waals surface area contributed by atoms with Gasteiger partial charge >= 0.3 is 0 Å². The number of benzene rings is 1. The predicted molar refractivity (Wildman–Crippen MR) is 106 cm³/mol. The van der Waals surface area contributed by atoms with E-state index in [1.165, 1.54) is 0 Å². The molecule has 0 bridgehead atoms. The van der Waals surface area contributed by atoms with Crippen molar-refractivity contribution in [1.82, 2.24) is 29.3 Å². The monoisotopic (exact) mass is 375 g/mol. The van der Waals surface area contributed by atoms with Crippen molar-refractivity contribution in [2.24, 2.45) is 7.05 Å². The molecule has 0 aliphatic heterocycles. The molecule has 28 heavy (non-hydrogen) atoms. The van der Waals surface area contributed by atoms with E-state index in [0.29, 0.717) is 5.95 Å². The normalized spacial score (nSPS) is 19.4. The number of nitrogens with one attached hydrogen (secondary N) is 1. The van der Waals surface area contributed by atoms with Gasteiger partial charge in [0.2, 0.25) is 5.95 Å². The van der Waals surface area contributed by atoms with Crippen LogP contribution in [0.3, 0.4) is 0 Å². The maximum atomic E-state index is 9.71. The Kier molecular flexibility index (Phi) is 4.05. The van der Waals surface area contributed by atoms with Crippen molar-refractivity contribution in [2.75, 3.05) is 5.32 Å². The highest BCUT2D eigenvalue weighted by molar-refractivity contribution is 5.74. The standard InChI is InChI=1S/C20H21N7O/c1-26-11-14(9-23-26)13-2-5-16(6-3-13)27-12-22-18-10-21-20(25-19(18)27)24-15-4-7-17(28)8-15/h2-3,5-6,9-12,15,17,28H,4,7-8H2,1H3,(H,21,24,25)/t15-,17-/m1/s1. The number of rotatable bonds is 4. The summed E-state index contributed by atoms with van der Waals surface area (Å²) in [7, 11) is 1.91. The van der Waals surface area contributed by atoms with Crippen molar-refractivity contribution < 1.29 is 5.11 Å². The summed E-state index contributed by atoms with van der Waals surface area (Å²) in [6, 6.07) is 8.44. The van der Waals surface area contributed by atoms with Crippen molar-refractivity contribution in [3.8, 4) is 16.8 Å². The van der Waals surface area contributed by atoms with E-state index in [9.17, 15) is 5.11 Å². The first kappa shape index (κ1) is 16.9. The summed E-state index contributed by atoms with van der Waals surface area (Å²) in [5.41, 5.74) is 4.67. The maximum Gasteiger partial charge on any atom is 0.224 e. The Morgan fingerprint density at radius 3 is 2.64 bits per heavy atom. The smallest absolute Gasteiger partial charge is 0.224 e. The summed E-state index contributed by atoms with van der Waals surface area (Å²) in [5.74, 6) is 0.570. The highest BCUT2D eigenvalue weighted by atomic mass is 16.3. The van der Waals surface area contributed by atoms with Crippen LogP contribution in [0.1, 0.15) is 19.3 Å². The van der Waals surface area contributed by atoms with E-state index < -0.39 is 0 Å². The first-order valence-corrected chi connectivity index (χ1v) is 9.40. The molecule has 0 radical (unpaired) electrons. The highest BCUT2D eigenvalue weighted by Gasteiger charge is 2.23. The summed E-state index contributed by atoms with van der Waals surface area (Å²) in [4.78, 5) is 13.5. The van der Waals surface area contributed by atoms with Gasteiger partial charge in [0.1, 0.15) is 11.8 Å². The van der Waals surface area contributed by atoms with Crippen LogP contribution in [-0.2, 0) is 7.05 Å². The average Bonchev–Trinajstić information content (AvgIpc) is 3.42. The largest absolute Gasteiger partial charge is 0.393 e. The molecule has 1 aliphatic rings. The third-order valence-corrected chi connectivity index (χ3v) is 5.21. The fourth-order valence-electron chi connectivity index (χ4n) is 3.72. The molecule has 0 amide bonds. The first-order chi connectivity index (χ1) is 13.7. The molecule has 1 fully saturated rings. The Morgan fingerprint density at radius 2 is 1.93 bits per heavy atom. The Bertz CT molecular complexity index is 1120. The van der Waals surface area contributed by atoms with Gasteiger partial charge in [-0.1, -0.05) is 12.1 Å². The lowest BCUT2D eigenvalue weighted by atomic mass is 10.1. The molecule has 0 saturated heterocycles. The molecule has 4 aromatic rings. The number of aromatic nitrogens is 6. The first-order valence-electron chi connectivity index (χ1n) is 9.40. The Balaban J connectivity index is 1.44. The Labute approximate surface area is 161 Å². The van der Waals surface area contributed by atoms with Crippen molar-refractivity contribution in [1.29, 1.82) is 0 Å². The van der Waals surface area contributed by atoms with Crippen LogP contribution in [0.25, 0.3) is 28.0 Å². The fraction of sp³-hybridized carbons (Fsp3) is 0.300. The average molecular weight is 375 g/mol. The van der Waals surface area contributed by atoms with E-state index in [1.807, 2.05) is 36.1 Å². The van der Waals surface area contributed by atoms with Gasteiger partial charge in [0.15, 0.2) is 5.65 Å². The molecule has 3 aromatic heterocycles. The van der Waals surface area contributed by atoms with Crippen LogP contribution in [0, 0.1) is 0 Å². The van der Waals surface area contributed by atoms with Gasteiger partial charge in [-0.05, 0) is 37.0 Å². The third-order valence-electron chi connectivity index (χ3n) is 5.21. The number of nitrogens with zero attached hydrogens (tertiary/aromatic N) is 6. The molecule has 2 atom stereocenters. The van der Waals surface area contributed by atoms with Gasteiger partial charge < -0.3 is 10.4 Å². The van der Waals surface area contributed by atoms with Gasteiger partial charge in [0, 0.05) is 30.5 Å². The van der Waals surface area contributed by atoms with Crippen molar-refractivity contribution in [3.05, 3.63) is 49.2 Å². The number of fused-ring (bicyclic) bond motifs is 1. The lowest BCUT2D eigenvalue weighted by Crippen LogP contribution is -2.18. The summed E-state index contributed by atoms with van der Waals surface area (Å²) in [6.07, 6.45) is 9.59. The fourth-order valence-corrected chi connectivity index (χ4v) is 3.72. The van der Waals surface area contributed by atoms with Crippen molar-refractivity contribution in [2.45, 2.75) is 31.4 Å². The second kappa shape index (κ2) is 6.72. The molecular formula is C20H21N7O. The number of imidazole rings is 1. The minimum atomic E-state index is -0.231. The SMILES string of the molecule is Cn1cc(-c2ccc(-n3cnc4cnc(N[C@@H]5CC[C@@H](O)C5)nc43)cc2)cn1. The lowest BCUT2D eigenvalue weighted by molar-refractivity contribution is 0.182. The van der Waals surface area contributed by atoms with Crippen LogP contribution in [0.5, 0.6) is 0 Å². The zero-order valence-corrected chi connectivity index (χ0v) is 15.5. The van der Waals surface area contributed by atoms with Crippen LogP contribution in [0.15, 0.2) is 49.2 Å². The molecular weight excluding hydrogens is 354 g/mol.